The summed E-state index contributed by atoms with van der Waals surface area (Å²) in [6, 6.07) is 2.15. The van der Waals surface area contributed by atoms with Crippen LogP contribution in [0.25, 0.3) is 0 Å². The van der Waals surface area contributed by atoms with E-state index in [1.807, 2.05) is 0 Å². The molecular weight excluding hydrogens is 240 g/mol. The van der Waals surface area contributed by atoms with Crippen molar-refractivity contribution in [1.29, 1.82) is 5.26 Å². The Morgan fingerprint density at radius 1 is 1.47 bits per heavy atom. The molecule has 2 saturated heterocycles. The third kappa shape index (κ3) is 3.18. The van der Waals surface area contributed by atoms with Gasteiger partial charge < -0.3 is 4.74 Å². The molecule has 2 rings (SSSR count). The third-order valence-electron chi connectivity index (χ3n) is 3.43. The van der Waals surface area contributed by atoms with Crippen molar-refractivity contribution in [2.75, 3.05) is 24.7 Å². The van der Waals surface area contributed by atoms with Crippen LogP contribution in [0.3, 0.4) is 0 Å². The standard InChI is InChI=1S/C11H18N2O3S/c12-8-11(4-2-6-17(14,15)9-11)13-7-10-3-1-5-16-10/h10,13H,1-7,9H2. The Labute approximate surface area is 102 Å². The summed E-state index contributed by atoms with van der Waals surface area (Å²) in [7, 11) is -3.07. The van der Waals surface area contributed by atoms with E-state index in [1.54, 1.807) is 0 Å². The first-order valence-electron chi connectivity index (χ1n) is 6.04. The fraction of sp³-hybridized carbons (Fsp3) is 0.909. The van der Waals surface area contributed by atoms with E-state index in [0.29, 0.717) is 19.4 Å². The average Bonchev–Trinajstić information content (AvgIpc) is 2.78. The highest BCUT2D eigenvalue weighted by Crippen LogP contribution is 2.23. The highest BCUT2D eigenvalue weighted by molar-refractivity contribution is 7.91. The van der Waals surface area contributed by atoms with Crippen LogP contribution in [-0.2, 0) is 14.6 Å². The first-order valence-corrected chi connectivity index (χ1v) is 7.86. The van der Waals surface area contributed by atoms with Gasteiger partial charge in [-0.1, -0.05) is 0 Å². The molecule has 0 aliphatic carbocycles. The summed E-state index contributed by atoms with van der Waals surface area (Å²) in [5.74, 6) is 0.140. The van der Waals surface area contributed by atoms with Crippen LogP contribution < -0.4 is 5.32 Å². The summed E-state index contributed by atoms with van der Waals surface area (Å²) in [5.41, 5.74) is -0.900. The smallest absolute Gasteiger partial charge is 0.153 e. The molecule has 0 saturated carbocycles. The van der Waals surface area contributed by atoms with Crippen molar-refractivity contribution in [3.63, 3.8) is 0 Å². The fourth-order valence-electron chi connectivity index (χ4n) is 2.50. The first kappa shape index (κ1) is 12.8. The molecule has 5 nitrogen and oxygen atoms in total. The van der Waals surface area contributed by atoms with Gasteiger partial charge in [0.05, 0.1) is 23.7 Å². The second-order valence-electron chi connectivity index (χ2n) is 4.91. The number of hydrogen-bond acceptors (Lipinski definition) is 5. The number of rotatable bonds is 3. The predicted molar refractivity (Wildman–Crippen MR) is 63.2 cm³/mol. The molecule has 2 aliphatic rings. The molecule has 96 valence electrons. The molecule has 0 aromatic rings. The minimum atomic E-state index is -3.07. The molecule has 2 aliphatic heterocycles. The van der Waals surface area contributed by atoms with Crippen molar-refractivity contribution in [3.05, 3.63) is 0 Å². The topological polar surface area (TPSA) is 79.2 Å². The monoisotopic (exact) mass is 258 g/mol. The maximum atomic E-state index is 11.6. The quantitative estimate of drug-likeness (QED) is 0.783. The molecule has 0 radical (unpaired) electrons. The Morgan fingerprint density at radius 2 is 2.29 bits per heavy atom. The van der Waals surface area contributed by atoms with Crippen LogP contribution in [0, 0.1) is 11.3 Å². The Balaban J connectivity index is 1.97. The van der Waals surface area contributed by atoms with Crippen LogP contribution >= 0.6 is 0 Å². The highest BCUT2D eigenvalue weighted by Gasteiger charge is 2.39. The van der Waals surface area contributed by atoms with Crippen molar-refractivity contribution < 1.29 is 13.2 Å². The molecule has 0 amide bonds. The lowest BCUT2D eigenvalue weighted by molar-refractivity contribution is 0.104. The van der Waals surface area contributed by atoms with Gasteiger partial charge in [-0.2, -0.15) is 5.26 Å². The molecule has 2 fully saturated rings. The Hall–Kier alpha value is -0.640. The molecule has 6 heteroatoms. The van der Waals surface area contributed by atoms with Gasteiger partial charge >= 0.3 is 0 Å². The molecular formula is C11H18N2O3S. The molecule has 0 aromatic heterocycles. The fourth-order valence-corrected chi connectivity index (χ4v) is 4.29. The van der Waals surface area contributed by atoms with Gasteiger partial charge in [-0.15, -0.1) is 0 Å². The van der Waals surface area contributed by atoms with E-state index in [1.165, 1.54) is 0 Å². The number of hydrogen-bond donors (Lipinski definition) is 1. The zero-order chi connectivity index (χ0) is 12.4. The van der Waals surface area contributed by atoms with Gasteiger partial charge in [0, 0.05) is 13.2 Å². The van der Waals surface area contributed by atoms with Crippen molar-refractivity contribution in [3.8, 4) is 6.07 Å². The zero-order valence-electron chi connectivity index (χ0n) is 9.81. The van der Waals surface area contributed by atoms with E-state index in [0.717, 1.165) is 19.4 Å². The van der Waals surface area contributed by atoms with Gasteiger partial charge in [0.15, 0.2) is 9.84 Å². The van der Waals surface area contributed by atoms with Crippen molar-refractivity contribution in [2.45, 2.75) is 37.3 Å². The molecule has 1 N–H and O–H groups in total. The summed E-state index contributed by atoms with van der Waals surface area (Å²) >= 11 is 0. The molecule has 0 aromatic carbocycles. The number of nitrogens with one attached hydrogen (secondary N) is 1. The largest absolute Gasteiger partial charge is 0.377 e. The van der Waals surface area contributed by atoms with Crippen LogP contribution in [-0.4, -0.2) is 44.7 Å². The summed E-state index contributed by atoms with van der Waals surface area (Å²) < 4.78 is 28.7. The second kappa shape index (κ2) is 4.92. The maximum Gasteiger partial charge on any atom is 0.153 e. The summed E-state index contributed by atoms with van der Waals surface area (Å²) in [6.45, 7) is 1.34. The van der Waals surface area contributed by atoms with Crippen LogP contribution in [0.4, 0.5) is 0 Å². The number of ether oxygens (including phenoxy) is 1. The number of nitrogens with zero attached hydrogens (tertiary/aromatic N) is 1. The minimum absolute atomic E-state index is 0.0663. The van der Waals surface area contributed by atoms with Gasteiger partial charge in [0.2, 0.25) is 0 Å². The van der Waals surface area contributed by atoms with Gasteiger partial charge in [0.1, 0.15) is 5.54 Å². The predicted octanol–water partition coefficient (Wildman–Crippen LogP) is 0.226. The van der Waals surface area contributed by atoms with E-state index in [4.69, 9.17) is 4.74 Å². The molecule has 0 bridgehead atoms. The highest BCUT2D eigenvalue weighted by atomic mass is 32.2. The second-order valence-corrected chi connectivity index (χ2v) is 7.09. The number of nitriles is 1. The van der Waals surface area contributed by atoms with Gasteiger partial charge in [-0.25, -0.2) is 8.42 Å². The molecule has 2 atom stereocenters. The van der Waals surface area contributed by atoms with E-state index >= 15 is 0 Å². The van der Waals surface area contributed by atoms with E-state index in [-0.39, 0.29) is 17.6 Å². The lowest BCUT2D eigenvalue weighted by atomic mass is 9.97. The Morgan fingerprint density at radius 3 is 2.88 bits per heavy atom. The lowest BCUT2D eigenvalue weighted by Gasteiger charge is -2.32. The Kier molecular flexibility index (Phi) is 3.71. The van der Waals surface area contributed by atoms with Crippen LogP contribution in [0.15, 0.2) is 0 Å². The van der Waals surface area contributed by atoms with Crippen LogP contribution in [0.2, 0.25) is 0 Å². The van der Waals surface area contributed by atoms with E-state index in [9.17, 15) is 13.7 Å². The zero-order valence-corrected chi connectivity index (χ0v) is 10.6. The van der Waals surface area contributed by atoms with Crippen molar-refractivity contribution in [2.24, 2.45) is 0 Å². The maximum absolute atomic E-state index is 11.6. The van der Waals surface area contributed by atoms with Gasteiger partial charge in [-0.3, -0.25) is 5.32 Å². The van der Waals surface area contributed by atoms with Gasteiger partial charge in [0.25, 0.3) is 0 Å². The SMILES string of the molecule is N#CC1(NCC2CCCO2)CCCS(=O)(=O)C1. The molecule has 17 heavy (non-hydrogen) atoms. The van der Waals surface area contributed by atoms with Crippen LogP contribution in [0.1, 0.15) is 25.7 Å². The summed E-state index contributed by atoms with van der Waals surface area (Å²) in [4.78, 5) is 0. The molecule has 0 spiro atoms. The first-order chi connectivity index (χ1) is 8.05. The normalized spacial score (nSPS) is 36.5. The molecule has 2 heterocycles. The third-order valence-corrected chi connectivity index (χ3v) is 5.27. The van der Waals surface area contributed by atoms with Crippen LogP contribution in [0.5, 0.6) is 0 Å². The number of sulfone groups is 1. The summed E-state index contributed by atoms with van der Waals surface area (Å²) in [6.07, 6.45) is 3.33. The van der Waals surface area contributed by atoms with Crippen molar-refractivity contribution in [1.82, 2.24) is 5.32 Å². The van der Waals surface area contributed by atoms with E-state index < -0.39 is 15.4 Å². The van der Waals surface area contributed by atoms with Gasteiger partial charge in [-0.05, 0) is 25.7 Å². The average molecular weight is 258 g/mol. The van der Waals surface area contributed by atoms with E-state index in [2.05, 4.69) is 11.4 Å². The molecule has 2 unspecified atom stereocenters. The minimum Gasteiger partial charge on any atom is -0.377 e. The Bertz CT molecular complexity index is 409. The summed E-state index contributed by atoms with van der Waals surface area (Å²) in [5, 5.41) is 12.3. The lowest BCUT2D eigenvalue weighted by Crippen LogP contribution is -2.54. The van der Waals surface area contributed by atoms with Crippen molar-refractivity contribution >= 4 is 9.84 Å².